The van der Waals surface area contributed by atoms with Gasteiger partial charge in [0.2, 0.25) is 0 Å². The van der Waals surface area contributed by atoms with E-state index in [4.69, 9.17) is 14.2 Å². The van der Waals surface area contributed by atoms with E-state index in [1.165, 1.54) is 0 Å². The predicted octanol–water partition coefficient (Wildman–Crippen LogP) is 3.31. The van der Waals surface area contributed by atoms with Gasteiger partial charge in [-0.15, -0.1) is 0 Å². The van der Waals surface area contributed by atoms with Crippen LogP contribution in [-0.4, -0.2) is 37.9 Å². The highest BCUT2D eigenvalue weighted by molar-refractivity contribution is 5.94. The van der Waals surface area contributed by atoms with Crippen molar-refractivity contribution in [1.29, 1.82) is 0 Å². The molecule has 0 spiro atoms. The van der Waals surface area contributed by atoms with Crippen molar-refractivity contribution >= 4 is 22.5 Å². The molecular weight excluding hydrogens is 332 g/mol. The van der Waals surface area contributed by atoms with Crippen molar-refractivity contribution < 1.29 is 19.0 Å². The fourth-order valence-electron chi connectivity index (χ4n) is 2.68. The number of benzene rings is 2. The molecular formula is C20H22N2O4. The number of carbonyl (C=O) groups excluding carboxylic acids is 1. The van der Waals surface area contributed by atoms with Crippen LogP contribution in [-0.2, 0) is 16.1 Å². The number of nitrogens with zero attached hydrogens (tertiary/aromatic N) is 1. The summed E-state index contributed by atoms with van der Waals surface area (Å²) in [5.41, 5.74) is 1.85. The molecule has 6 nitrogen and oxygen atoms in total. The van der Waals surface area contributed by atoms with E-state index in [1.54, 1.807) is 38.5 Å². The number of fused-ring (bicyclic) bond motifs is 1. The van der Waals surface area contributed by atoms with E-state index in [2.05, 4.69) is 9.88 Å². The van der Waals surface area contributed by atoms with E-state index < -0.39 is 0 Å². The molecule has 0 atom stereocenters. The Bertz CT molecular complexity index is 871. The Balaban J connectivity index is 1.58. The zero-order chi connectivity index (χ0) is 18.4. The summed E-state index contributed by atoms with van der Waals surface area (Å²) >= 11 is 0. The zero-order valence-electron chi connectivity index (χ0n) is 14.9. The summed E-state index contributed by atoms with van der Waals surface area (Å²) in [6.07, 6.45) is 2.02. The van der Waals surface area contributed by atoms with E-state index in [9.17, 15) is 4.79 Å². The van der Waals surface area contributed by atoms with Crippen LogP contribution in [0.3, 0.4) is 0 Å². The molecule has 0 radical (unpaired) electrons. The van der Waals surface area contributed by atoms with Crippen LogP contribution < -0.4 is 14.8 Å². The summed E-state index contributed by atoms with van der Waals surface area (Å²) in [5, 5.41) is 3.92. The lowest BCUT2D eigenvalue weighted by Crippen LogP contribution is -2.20. The molecule has 0 aliphatic heterocycles. The number of methoxy groups -OCH3 is 2. The fourth-order valence-corrected chi connectivity index (χ4v) is 2.68. The van der Waals surface area contributed by atoms with Gasteiger partial charge in [0.15, 0.2) is 6.61 Å². The first-order valence-corrected chi connectivity index (χ1v) is 8.34. The Morgan fingerprint density at radius 1 is 1.04 bits per heavy atom. The number of hydrogen-bond acceptors (Lipinski definition) is 4. The largest absolute Gasteiger partial charge is 0.497 e. The van der Waals surface area contributed by atoms with Crippen LogP contribution in [0.2, 0.25) is 0 Å². The van der Waals surface area contributed by atoms with Gasteiger partial charge < -0.3 is 24.1 Å². The number of nitrogens with one attached hydrogen (secondary N) is 1. The molecule has 3 aromatic rings. The third-order valence-electron chi connectivity index (χ3n) is 4.02. The van der Waals surface area contributed by atoms with Crippen molar-refractivity contribution in [2.45, 2.75) is 6.54 Å². The van der Waals surface area contributed by atoms with E-state index in [0.29, 0.717) is 12.4 Å². The number of anilines is 1. The third kappa shape index (κ3) is 4.34. The molecule has 0 fully saturated rings. The van der Waals surface area contributed by atoms with Crippen LogP contribution >= 0.6 is 0 Å². The average molecular weight is 354 g/mol. The summed E-state index contributed by atoms with van der Waals surface area (Å²) in [6.45, 7) is 1.39. The molecule has 3 rings (SSSR count). The number of hydrogen-bond donors (Lipinski definition) is 1. The van der Waals surface area contributed by atoms with E-state index in [1.807, 2.05) is 30.5 Å². The number of amides is 1. The minimum atomic E-state index is -0.209. The van der Waals surface area contributed by atoms with Crippen molar-refractivity contribution in [3.05, 3.63) is 54.7 Å². The summed E-state index contributed by atoms with van der Waals surface area (Å²) in [5.74, 6) is 1.15. The molecule has 6 heteroatoms. The van der Waals surface area contributed by atoms with Crippen LogP contribution in [0.25, 0.3) is 10.9 Å². The number of carbonyl (C=O) groups is 1. The maximum atomic E-state index is 12.1. The molecule has 1 heterocycles. The second-order valence-electron chi connectivity index (χ2n) is 5.79. The van der Waals surface area contributed by atoms with Gasteiger partial charge >= 0.3 is 0 Å². The zero-order valence-corrected chi connectivity index (χ0v) is 14.9. The van der Waals surface area contributed by atoms with Crippen LogP contribution in [0.5, 0.6) is 11.5 Å². The van der Waals surface area contributed by atoms with Gasteiger partial charge in [0.05, 0.1) is 13.7 Å². The first kappa shape index (κ1) is 17.8. The Morgan fingerprint density at radius 3 is 2.54 bits per heavy atom. The molecule has 1 aromatic heterocycles. The summed E-state index contributed by atoms with van der Waals surface area (Å²) in [6, 6.07) is 15.0. The molecule has 0 saturated heterocycles. The van der Waals surface area contributed by atoms with Crippen LogP contribution in [0.1, 0.15) is 0 Å². The van der Waals surface area contributed by atoms with E-state index in [-0.39, 0.29) is 12.5 Å². The molecule has 0 aliphatic carbocycles. The predicted molar refractivity (Wildman–Crippen MR) is 101 cm³/mol. The Kier molecular flexibility index (Phi) is 5.76. The maximum Gasteiger partial charge on any atom is 0.262 e. The van der Waals surface area contributed by atoms with Gasteiger partial charge in [0.1, 0.15) is 11.5 Å². The lowest BCUT2D eigenvalue weighted by molar-refractivity contribution is -0.118. The third-order valence-corrected chi connectivity index (χ3v) is 4.02. The summed E-state index contributed by atoms with van der Waals surface area (Å²) in [4.78, 5) is 12.1. The first-order valence-electron chi connectivity index (χ1n) is 8.34. The van der Waals surface area contributed by atoms with Gasteiger partial charge in [-0.05, 0) is 48.5 Å². The van der Waals surface area contributed by atoms with Crippen molar-refractivity contribution in [3.8, 4) is 11.5 Å². The highest BCUT2D eigenvalue weighted by Gasteiger charge is 2.07. The number of rotatable bonds is 8. The molecule has 2 aromatic carbocycles. The van der Waals surface area contributed by atoms with E-state index >= 15 is 0 Å². The second kappa shape index (κ2) is 8.40. The second-order valence-corrected chi connectivity index (χ2v) is 5.79. The van der Waals surface area contributed by atoms with Gasteiger partial charge in [-0.2, -0.15) is 0 Å². The molecule has 0 aliphatic rings. The fraction of sp³-hybridized carbons (Fsp3) is 0.250. The quantitative estimate of drug-likeness (QED) is 0.674. The highest BCUT2D eigenvalue weighted by atomic mass is 16.5. The van der Waals surface area contributed by atoms with Crippen LogP contribution in [0.15, 0.2) is 54.7 Å². The maximum absolute atomic E-state index is 12.1. The van der Waals surface area contributed by atoms with Crippen LogP contribution in [0.4, 0.5) is 5.69 Å². The lowest BCUT2D eigenvalue weighted by atomic mass is 10.2. The molecule has 1 N–H and O–H groups in total. The normalized spacial score (nSPS) is 10.7. The van der Waals surface area contributed by atoms with Crippen molar-refractivity contribution in [2.24, 2.45) is 0 Å². The molecule has 0 saturated carbocycles. The Morgan fingerprint density at radius 2 is 1.81 bits per heavy atom. The number of ether oxygens (including phenoxy) is 3. The van der Waals surface area contributed by atoms with Crippen LogP contribution in [0, 0.1) is 0 Å². The smallest absolute Gasteiger partial charge is 0.262 e. The minimum absolute atomic E-state index is 0.0563. The minimum Gasteiger partial charge on any atom is -0.497 e. The molecule has 0 unspecified atom stereocenters. The van der Waals surface area contributed by atoms with Gasteiger partial charge in [-0.25, -0.2) is 0 Å². The van der Waals surface area contributed by atoms with Gasteiger partial charge in [-0.3, -0.25) is 4.79 Å². The molecule has 136 valence electrons. The molecule has 26 heavy (non-hydrogen) atoms. The molecule has 1 amide bonds. The lowest BCUT2D eigenvalue weighted by Gasteiger charge is -2.09. The SMILES string of the molecule is COCCn1ccc2cc(NC(=O)COc3ccc(OC)cc3)ccc21. The number of aromatic nitrogens is 1. The van der Waals surface area contributed by atoms with Crippen molar-refractivity contribution in [3.63, 3.8) is 0 Å². The monoisotopic (exact) mass is 354 g/mol. The van der Waals surface area contributed by atoms with Crippen molar-refractivity contribution in [2.75, 3.05) is 32.8 Å². The average Bonchev–Trinajstić information content (AvgIpc) is 3.07. The van der Waals surface area contributed by atoms with E-state index in [0.717, 1.165) is 28.9 Å². The summed E-state index contributed by atoms with van der Waals surface area (Å²) < 4.78 is 17.8. The Hall–Kier alpha value is -2.99. The standard InChI is InChI=1S/C20H22N2O4/c1-24-12-11-22-10-9-15-13-16(3-8-19(15)22)21-20(23)14-26-18-6-4-17(25-2)5-7-18/h3-10,13H,11-12,14H2,1-2H3,(H,21,23). The van der Waals surface area contributed by atoms with Gasteiger partial charge in [-0.1, -0.05) is 0 Å². The topological polar surface area (TPSA) is 61.7 Å². The summed E-state index contributed by atoms with van der Waals surface area (Å²) in [7, 11) is 3.29. The van der Waals surface area contributed by atoms with Gasteiger partial charge in [0.25, 0.3) is 5.91 Å². The Labute approximate surface area is 152 Å². The molecule has 0 bridgehead atoms. The first-order chi connectivity index (χ1) is 12.7. The van der Waals surface area contributed by atoms with Crippen molar-refractivity contribution in [1.82, 2.24) is 4.57 Å². The highest BCUT2D eigenvalue weighted by Crippen LogP contribution is 2.21. The van der Waals surface area contributed by atoms with Gasteiger partial charge in [0, 0.05) is 36.4 Å².